The molecule has 0 fully saturated rings. The van der Waals surface area contributed by atoms with Crippen LogP contribution in [-0.4, -0.2) is 19.0 Å². The average molecular weight is 325 g/mol. The Kier molecular flexibility index (Phi) is 3.02. The van der Waals surface area contributed by atoms with Crippen LogP contribution in [0.1, 0.15) is 39.9 Å². The third kappa shape index (κ3) is 1.95. The first-order valence-electron chi connectivity index (χ1n) is 8.26. The lowest BCUT2D eigenvalue weighted by atomic mass is 9.77. The molecule has 0 aromatic heterocycles. The quantitative estimate of drug-likeness (QED) is 0.888. The summed E-state index contributed by atoms with van der Waals surface area (Å²) < 4.78 is 16.5. The number of nitrogens with one attached hydrogen (secondary N) is 1. The van der Waals surface area contributed by atoms with E-state index in [0.717, 1.165) is 35.7 Å². The van der Waals surface area contributed by atoms with E-state index in [1.54, 1.807) is 7.11 Å². The van der Waals surface area contributed by atoms with Gasteiger partial charge in [0.25, 0.3) is 0 Å². The van der Waals surface area contributed by atoms with Gasteiger partial charge in [0.2, 0.25) is 6.79 Å². The molecule has 0 amide bonds. The molecule has 0 aliphatic carbocycles. The van der Waals surface area contributed by atoms with Gasteiger partial charge in [-0.1, -0.05) is 0 Å². The van der Waals surface area contributed by atoms with E-state index in [1.807, 2.05) is 0 Å². The maximum Gasteiger partial charge on any atom is 0.231 e. The second-order valence-electron chi connectivity index (χ2n) is 6.61. The Balaban J connectivity index is 1.60. The molecule has 2 atom stereocenters. The molecule has 3 aliphatic heterocycles. The summed E-state index contributed by atoms with van der Waals surface area (Å²) in [5.41, 5.74) is 6.01. The Morgan fingerprint density at radius 2 is 1.71 bits per heavy atom. The van der Waals surface area contributed by atoms with Gasteiger partial charge in [0, 0.05) is 17.6 Å². The first kappa shape index (κ1) is 14.1. The average Bonchev–Trinajstić information content (AvgIpc) is 3.06. The predicted octanol–water partition coefficient (Wildman–Crippen LogP) is 2.40. The van der Waals surface area contributed by atoms with Gasteiger partial charge in [-0.3, -0.25) is 0 Å². The molecule has 0 unspecified atom stereocenters. The van der Waals surface area contributed by atoms with Crippen molar-refractivity contribution in [3.8, 4) is 17.2 Å². The van der Waals surface area contributed by atoms with Gasteiger partial charge >= 0.3 is 0 Å². The van der Waals surface area contributed by atoms with E-state index >= 15 is 0 Å². The second-order valence-corrected chi connectivity index (χ2v) is 6.61. The Hall–Kier alpha value is -2.24. The molecule has 5 heteroatoms. The van der Waals surface area contributed by atoms with E-state index in [1.165, 1.54) is 22.3 Å². The highest BCUT2D eigenvalue weighted by atomic mass is 16.7. The van der Waals surface area contributed by atoms with Crippen molar-refractivity contribution in [2.45, 2.75) is 31.5 Å². The fraction of sp³-hybridized carbons (Fsp3) is 0.368. The lowest BCUT2D eigenvalue weighted by molar-refractivity contribution is 0.174. The molecular formula is C19H19NO4. The van der Waals surface area contributed by atoms with Gasteiger partial charge in [-0.25, -0.2) is 0 Å². The van der Waals surface area contributed by atoms with E-state index in [0.29, 0.717) is 6.79 Å². The van der Waals surface area contributed by atoms with E-state index in [-0.39, 0.29) is 18.7 Å². The Labute approximate surface area is 140 Å². The smallest absolute Gasteiger partial charge is 0.231 e. The molecule has 0 saturated heterocycles. The number of aliphatic hydroxyl groups excluding tert-OH is 1. The van der Waals surface area contributed by atoms with Crippen LogP contribution in [0.25, 0.3) is 0 Å². The third-order valence-corrected chi connectivity index (χ3v) is 5.35. The molecule has 2 aromatic carbocycles. The van der Waals surface area contributed by atoms with Gasteiger partial charge in [-0.2, -0.15) is 0 Å². The van der Waals surface area contributed by atoms with Crippen LogP contribution in [0, 0.1) is 0 Å². The number of ether oxygens (including phenoxy) is 3. The first-order valence-corrected chi connectivity index (χ1v) is 8.26. The molecule has 2 bridgehead atoms. The normalized spacial score (nSPS) is 22.8. The van der Waals surface area contributed by atoms with Crippen molar-refractivity contribution in [2.24, 2.45) is 0 Å². The van der Waals surface area contributed by atoms with Crippen LogP contribution in [0.2, 0.25) is 0 Å². The molecule has 0 radical (unpaired) electrons. The fourth-order valence-corrected chi connectivity index (χ4v) is 4.20. The molecule has 0 spiro atoms. The van der Waals surface area contributed by atoms with Gasteiger partial charge in [-0.05, 0) is 59.4 Å². The van der Waals surface area contributed by atoms with Gasteiger partial charge in [0.1, 0.15) is 5.75 Å². The van der Waals surface area contributed by atoms with Gasteiger partial charge in [0.05, 0.1) is 13.7 Å². The second kappa shape index (κ2) is 5.13. The summed E-state index contributed by atoms with van der Waals surface area (Å²) in [6, 6.07) is 8.93. The number of hydrogen-bond acceptors (Lipinski definition) is 5. The molecule has 2 aromatic rings. The topological polar surface area (TPSA) is 60.0 Å². The molecule has 5 nitrogen and oxygen atoms in total. The number of rotatable bonds is 2. The van der Waals surface area contributed by atoms with Crippen molar-refractivity contribution < 1.29 is 19.3 Å². The highest BCUT2D eigenvalue weighted by Gasteiger charge is 2.35. The Morgan fingerprint density at radius 3 is 2.42 bits per heavy atom. The first-order chi connectivity index (χ1) is 11.8. The van der Waals surface area contributed by atoms with E-state index in [4.69, 9.17) is 14.2 Å². The minimum Gasteiger partial charge on any atom is -0.496 e. The zero-order valence-corrected chi connectivity index (χ0v) is 13.5. The molecule has 2 N–H and O–H groups in total. The van der Waals surface area contributed by atoms with Crippen molar-refractivity contribution >= 4 is 0 Å². The van der Waals surface area contributed by atoms with E-state index in [2.05, 4.69) is 29.6 Å². The van der Waals surface area contributed by atoms with Crippen LogP contribution in [-0.2, 0) is 19.4 Å². The van der Waals surface area contributed by atoms with Crippen LogP contribution in [0.15, 0.2) is 24.3 Å². The number of methoxy groups -OCH3 is 1. The van der Waals surface area contributed by atoms with Crippen molar-refractivity contribution in [3.05, 3.63) is 52.1 Å². The summed E-state index contributed by atoms with van der Waals surface area (Å²) in [5.74, 6) is 2.45. The molecule has 5 rings (SSSR count). The SMILES string of the molecule is COc1cc2c(cc1CO)[C@@H]1Cc3cc4c(cc3[C@H](C2)N1)OCO4. The Bertz CT molecular complexity index is 833. The summed E-state index contributed by atoms with van der Waals surface area (Å²) in [7, 11) is 1.65. The standard InChI is InChI=1S/C19H19NO4/c1-22-17-5-10-3-16-14-7-19-18(23-9-24-19)6-11(14)4-15(20-16)13(10)2-12(17)8-21/h2,5-7,15-16,20-21H,3-4,8-9H2,1H3/t15-,16-/m0/s1. The van der Waals surface area contributed by atoms with Gasteiger partial charge in [0.15, 0.2) is 11.5 Å². The molecule has 124 valence electrons. The Morgan fingerprint density at radius 1 is 1.04 bits per heavy atom. The highest BCUT2D eigenvalue weighted by Crippen LogP contribution is 2.45. The summed E-state index contributed by atoms with van der Waals surface area (Å²) in [4.78, 5) is 0. The largest absolute Gasteiger partial charge is 0.496 e. The van der Waals surface area contributed by atoms with Crippen LogP contribution >= 0.6 is 0 Å². The van der Waals surface area contributed by atoms with Crippen LogP contribution in [0.3, 0.4) is 0 Å². The molecule has 24 heavy (non-hydrogen) atoms. The van der Waals surface area contributed by atoms with Crippen LogP contribution in [0.5, 0.6) is 17.2 Å². The summed E-state index contributed by atoms with van der Waals surface area (Å²) >= 11 is 0. The number of aliphatic hydroxyl groups is 1. The van der Waals surface area contributed by atoms with E-state index in [9.17, 15) is 5.11 Å². The summed E-state index contributed by atoms with van der Waals surface area (Å²) in [6.07, 6.45) is 1.81. The molecule has 3 heterocycles. The zero-order chi connectivity index (χ0) is 16.3. The van der Waals surface area contributed by atoms with Crippen molar-refractivity contribution in [3.63, 3.8) is 0 Å². The summed E-state index contributed by atoms with van der Waals surface area (Å²) in [6.45, 7) is 0.291. The van der Waals surface area contributed by atoms with Crippen molar-refractivity contribution in [2.75, 3.05) is 13.9 Å². The molecular weight excluding hydrogens is 306 g/mol. The minimum absolute atomic E-state index is 0.0120. The predicted molar refractivity (Wildman–Crippen MR) is 87.5 cm³/mol. The lowest BCUT2D eigenvalue weighted by Gasteiger charge is -2.39. The fourth-order valence-electron chi connectivity index (χ4n) is 4.20. The minimum atomic E-state index is -0.0120. The number of benzene rings is 2. The highest BCUT2D eigenvalue weighted by molar-refractivity contribution is 5.54. The van der Waals surface area contributed by atoms with Crippen molar-refractivity contribution in [1.29, 1.82) is 0 Å². The number of fused-ring (bicyclic) bond motifs is 7. The molecule has 3 aliphatic rings. The molecule has 0 saturated carbocycles. The maximum atomic E-state index is 9.61. The lowest BCUT2D eigenvalue weighted by Crippen LogP contribution is -2.39. The van der Waals surface area contributed by atoms with Crippen LogP contribution in [0.4, 0.5) is 0 Å². The third-order valence-electron chi connectivity index (χ3n) is 5.35. The van der Waals surface area contributed by atoms with Gasteiger partial charge < -0.3 is 24.6 Å². The summed E-state index contributed by atoms with van der Waals surface area (Å²) in [5, 5.41) is 13.3. The zero-order valence-electron chi connectivity index (χ0n) is 13.5. The van der Waals surface area contributed by atoms with Gasteiger partial charge in [-0.15, -0.1) is 0 Å². The monoisotopic (exact) mass is 325 g/mol. The number of hydrogen-bond donors (Lipinski definition) is 2. The van der Waals surface area contributed by atoms with Crippen molar-refractivity contribution in [1.82, 2.24) is 5.32 Å². The van der Waals surface area contributed by atoms with E-state index < -0.39 is 0 Å². The van der Waals surface area contributed by atoms with Crippen LogP contribution < -0.4 is 19.5 Å². The maximum absolute atomic E-state index is 9.61.